The molecule has 0 aromatic carbocycles. The van der Waals surface area contributed by atoms with Crippen LogP contribution in [0.3, 0.4) is 0 Å². The summed E-state index contributed by atoms with van der Waals surface area (Å²) in [5, 5.41) is 6.64. The van der Waals surface area contributed by atoms with Gasteiger partial charge in [-0.25, -0.2) is 4.98 Å². The molecule has 6 nitrogen and oxygen atoms in total. The molecule has 0 saturated heterocycles. The molecular weight excluding hydrogens is 218 g/mol. The fourth-order valence-electron chi connectivity index (χ4n) is 0.902. The molecule has 15 heavy (non-hydrogen) atoms. The lowest BCUT2D eigenvalue weighted by atomic mass is 10.2. The highest BCUT2D eigenvalue weighted by atomic mass is 32.1. The van der Waals surface area contributed by atoms with E-state index in [9.17, 15) is 14.4 Å². The molecule has 1 radical (unpaired) electrons. The van der Waals surface area contributed by atoms with Crippen LogP contribution in [0.4, 0.5) is 5.13 Å². The van der Waals surface area contributed by atoms with E-state index in [1.807, 2.05) is 0 Å². The van der Waals surface area contributed by atoms with E-state index in [2.05, 4.69) is 15.6 Å². The minimum atomic E-state index is -0.888. The van der Waals surface area contributed by atoms with Crippen LogP contribution in [0.1, 0.15) is 18.7 Å². The van der Waals surface area contributed by atoms with Crippen molar-refractivity contribution in [2.45, 2.75) is 13.0 Å². The zero-order chi connectivity index (χ0) is 11.3. The molecule has 0 aliphatic carbocycles. The average Bonchev–Trinajstić information content (AvgIpc) is 2.63. The van der Waals surface area contributed by atoms with Crippen molar-refractivity contribution in [3.05, 3.63) is 11.1 Å². The predicted octanol–water partition coefficient (Wildman–Crippen LogP) is -0.00170. The van der Waals surface area contributed by atoms with E-state index < -0.39 is 6.04 Å². The summed E-state index contributed by atoms with van der Waals surface area (Å²) in [6, 6.07) is -0.888. The number of amides is 2. The fraction of sp³-hybridized carbons (Fsp3) is 0.250. The number of anilines is 1. The molecule has 7 heteroatoms. The first-order valence-corrected chi connectivity index (χ1v) is 4.85. The molecular formula is C8H8N3O3S. The van der Waals surface area contributed by atoms with Crippen LogP contribution in [0.5, 0.6) is 0 Å². The van der Waals surface area contributed by atoms with Crippen LogP contribution in [-0.4, -0.2) is 23.6 Å². The average molecular weight is 226 g/mol. The highest BCUT2D eigenvalue weighted by molar-refractivity contribution is 7.13. The van der Waals surface area contributed by atoms with E-state index in [0.29, 0.717) is 17.2 Å². The molecule has 1 heterocycles. The maximum absolute atomic E-state index is 10.7. The lowest BCUT2D eigenvalue weighted by Gasteiger charge is -2.06. The molecule has 1 unspecified atom stereocenters. The number of rotatable bonds is 5. The molecule has 0 aliphatic heterocycles. The van der Waals surface area contributed by atoms with Crippen molar-refractivity contribution >= 4 is 35.1 Å². The molecule has 79 valence electrons. The van der Waals surface area contributed by atoms with Gasteiger partial charge in [-0.2, -0.15) is 0 Å². The van der Waals surface area contributed by atoms with E-state index >= 15 is 0 Å². The van der Waals surface area contributed by atoms with Crippen LogP contribution >= 0.6 is 11.3 Å². The fourth-order valence-corrected chi connectivity index (χ4v) is 1.60. The molecule has 0 aliphatic rings. The summed E-state index contributed by atoms with van der Waals surface area (Å²) in [6.07, 6.45) is 2.14. The molecule has 0 bridgehead atoms. The Morgan fingerprint density at radius 1 is 1.73 bits per heavy atom. The third kappa shape index (κ3) is 3.13. The number of thiazole rings is 1. The van der Waals surface area contributed by atoms with Gasteiger partial charge in [0.2, 0.25) is 18.6 Å². The van der Waals surface area contributed by atoms with Crippen LogP contribution in [0.15, 0.2) is 5.38 Å². The normalized spacial score (nSPS) is 11.5. The molecule has 2 N–H and O–H groups in total. The SMILES string of the molecule is CC(=O)NC([C]=O)c1csc(NC=O)n1. The Morgan fingerprint density at radius 2 is 2.47 bits per heavy atom. The predicted molar refractivity (Wildman–Crippen MR) is 54.1 cm³/mol. The zero-order valence-corrected chi connectivity index (χ0v) is 8.63. The monoisotopic (exact) mass is 226 g/mol. The number of nitrogens with zero attached hydrogens (tertiary/aromatic N) is 1. The number of carbonyl (C=O) groups is 2. The third-order valence-corrected chi connectivity index (χ3v) is 2.26. The van der Waals surface area contributed by atoms with Gasteiger partial charge in [0.15, 0.2) is 5.13 Å². The largest absolute Gasteiger partial charge is 0.341 e. The molecule has 1 aromatic heterocycles. The van der Waals surface area contributed by atoms with Gasteiger partial charge in [0, 0.05) is 12.3 Å². The van der Waals surface area contributed by atoms with Crippen LogP contribution in [0.2, 0.25) is 0 Å². The van der Waals surface area contributed by atoms with E-state index in [4.69, 9.17) is 0 Å². The summed E-state index contributed by atoms with van der Waals surface area (Å²) >= 11 is 1.16. The third-order valence-electron chi connectivity index (χ3n) is 1.47. The molecule has 1 rings (SSSR count). The summed E-state index contributed by atoms with van der Waals surface area (Å²) in [7, 11) is 0. The first kappa shape index (κ1) is 11.3. The van der Waals surface area contributed by atoms with Crippen LogP contribution in [0.25, 0.3) is 0 Å². The second-order valence-corrected chi connectivity index (χ2v) is 3.45. The Morgan fingerprint density at radius 3 is 3.00 bits per heavy atom. The van der Waals surface area contributed by atoms with Gasteiger partial charge in [0.25, 0.3) is 0 Å². The maximum Gasteiger partial charge on any atom is 0.229 e. The Balaban J connectivity index is 2.77. The summed E-state index contributed by atoms with van der Waals surface area (Å²) in [5.74, 6) is -0.346. The summed E-state index contributed by atoms with van der Waals surface area (Å²) in [6.45, 7) is 1.29. The molecule has 0 spiro atoms. The Hall–Kier alpha value is -1.76. The van der Waals surface area contributed by atoms with Crippen molar-refractivity contribution in [1.29, 1.82) is 0 Å². The van der Waals surface area contributed by atoms with Gasteiger partial charge in [0.05, 0.1) is 5.69 Å². The van der Waals surface area contributed by atoms with Gasteiger partial charge >= 0.3 is 0 Å². The molecule has 0 saturated carbocycles. The topological polar surface area (TPSA) is 88.2 Å². The molecule has 0 fully saturated rings. The second-order valence-electron chi connectivity index (χ2n) is 2.59. The first-order valence-electron chi connectivity index (χ1n) is 3.97. The minimum Gasteiger partial charge on any atom is -0.341 e. The standard InChI is InChI=1S/C8H8N3O3S/c1-5(14)10-6(2-12)7-3-15-8(11-7)9-4-13/h3-4,6H,1H3,(H,10,14)(H,9,11,13). The Bertz CT molecular complexity index is 377. The number of hydrogen-bond acceptors (Lipinski definition) is 5. The van der Waals surface area contributed by atoms with E-state index in [1.54, 1.807) is 11.7 Å². The van der Waals surface area contributed by atoms with E-state index in [-0.39, 0.29) is 5.91 Å². The van der Waals surface area contributed by atoms with Crippen molar-refractivity contribution < 1.29 is 14.4 Å². The van der Waals surface area contributed by atoms with Crippen molar-refractivity contribution in [2.75, 3.05) is 5.32 Å². The minimum absolute atomic E-state index is 0.346. The van der Waals surface area contributed by atoms with Gasteiger partial charge in [-0.3, -0.25) is 14.4 Å². The lowest BCUT2D eigenvalue weighted by molar-refractivity contribution is -0.119. The van der Waals surface area contributed by atoms with Crippen LogP contribution in [0, 0.1) is 0 Å². The summed E-state index contributed by atoms with van der Waals surface area (Å²) in [4.78, 5) is 35.3. The first-order chi connectivity index (χ1) is 7.17. The van der Waals surface area contributed by atoms with Crippen LogP contribution < -0.4 is 10.6 Å². The number of carbonyl (C=O) groups excluding carboxylic acids is 3. The summed E-state index contributed by atoms with van der Waals surface area (Å²) < 4.78 is 0. The van der Waals surface area contributed by atoms with Gasteiger partial charge in [-0.15, -0.1) is 11.3 Å². The molecule has 2 amide bonds. The van der Waals surface area contributed by atoms with Crippen LogP contribution in [-0.2, 0) is 14.4 Å². The van der Waals surface area contributed by atoms with Crippen molar-refractivity contribution in [1.82, 2.24) is 10.3 Å². The Labute approximate surface area is 89.7 Å². The van der Waals surface area contributed by atoms with Gasteiger partial charge in [-0.1, -0.05) is 0 Å². The highest BCUT2D eigenvalue weighted by Crippen LogP contribution is 2.19. The number of nitrogens with one attached hydrogen (secondary N) is 2. The second kappa shape index (κ2) is 5.20. The number of aromatic nitrogens is 1. The van der Waals surface area contributed by atoms with Crippen molar-refractivity contribution in [2.24, 2.45) is 0 Å². The zero-order valence-electron chi connectivity index (χ0n) is 7.81. The van der Waals surface area contributed by atoms with Crippen molar-refractivity contribution in [3.63, 3.8) is 0 Å². The number of hydrogen-bond donors (Lipinski definition) is 2. The van der Waals surface area contributed by atoms with Crippen molar-refractivity contribution in [3.8, 4) is 0 Å². The quantitative estimate of drug-likeness (QED) is 0.691. The van der Waals surface area contributed by atoms with Gasteiger partial charge in [0.1, 0.15) is 6.04 Å². The lowest BCUT2D eigenvalue weighted by Crippen LogP contribution is -2.27. The van der Waals surface area contributed by atoms with E-state index in [1.165, 1.54) is 6.92 Å². The maximum atomic E-state index is 10.7. The highest BCUT2D eigenvalue weighted by Gasteiger charge is 2.15. The Kier molecular flexibility index (Phi) is 3.92. The summed E-state index contributed by atoms with van der Waals surface area (Å²) in [5.41, 5.74) is 0.356. The smallest absolute Gasteiger partial charge is 0.229 e. The van der Waals surface area contributed by atoms with E-state index in [0.717, 1.165) is 11.3 Å². The molecule has 1 aromatic rings. The van der Waals surface area contributed by atoms with Gasteiger partial charge in [-0.05, 0) is 0 Å². The van der Waals surface area contributed by atoms with Gasteiger partial charge < -0.3 is 10.6 Å². The molecule has 1 atom stereocenters.